The van der Waals surface area contributed by atoms with Gasteiger partial charge in [-0.05, 0) is 24.6 Å². The molecule has 3 rings (SSSR count). The van der Waals surface area contributed by atoms with E-state index in [1.54, 1.807) is 25.3 Å². The molecule has 1 aromatic carbocycles. The number of ketones is 1. The lowest BCUT2D eigenvalue weighted by molar-refractivity contribution is -0.112. The van der Waals surface area contributed by atoms with Crippen LogP contribution >= 0.6 is 0 Å². The molecule has 2 heterocycles. The first-order valence-electron chi connectivity index (χ1n) is 8.43. The maximum Gasteiger partial charge on any atom is 0.229 e. The topological polar surface area (TPSA) is 83.7 Å². The molecule has 2 N–H and O–H groups in total. The molecular formula is C19H21N5O. The van der Waals surface area contributed by atoms with Gasteiger partial charge in [0.2, 0.25) is 5.95 Å². The highest BCUT2D eigenvalue weighted by atomic mass is 16.1. The molecule has 0 fully saturated rings. The van der Waals surface area contributed by atoms with Crippen molar-refractivity contribution in [2.45, 2.75) is 33.2 Å². The van der Waals surface area contributed by atoms with Gasteiger partial charge in [-0.15, -0.1) is 0 Å². The van der Waals surface area contributed by atoms with Crippen LogP contribution in [0.3, 0.4) is 0 Å². The molecule has 0 saturated heterocycles. The Morgan fingerprint density at radius 1 is 1.20 bits per heavy atom. The largest absolute Gasteiger partial charge is 0.332 e. The first-order valence-corrected chi connectivity index (χ1v) is 8.43. The third-order valence-electron chi connectivity index (χ3n) is 4.00. The fraction of sp³-hybridized carbons (Fsp3) is 0.263. The summed E-state index contributed by atoms with van der Waals surface area (Å²) in [5, 5.41) is 12.1. The number of nitrogens with zero attached hydrogens (tertiary/aromatic N) is 3. The van der Waals surface area contributed by atoms with E-state index in [4.69, 9.17) is 5.41 Å². The number of benzene rings is 1. The highest BCUT2D eigenvalue weighted by molar-refractivity contribution is 6.44. The molecule has 0 amide bonds. The van der Waals surface area contributed by atoms with Gasteiger partial charge in [0.1, 0.15) is 11.4 Å². The minimum atomic E-state index is -0.161. The zero-order valence-electron chi connectivity index (χ0n) is 14.4. The van der Waals surface area contributed by atoms with Gasteiger partial charge in [0.15, 0.2) is 5.78 Å². The van der Waals surface area contributed by atoms with Crippen LogP contribution < -0.4 is 5.32 Å². The molecule has 6 nitrogen and oxygen atoms in total. The lowest BCUT2D eigenvalue weighted by Crippen LogP contribution is -2.12. The first-order chi connectivity index (χ1) is 12.1. The van der Waals surface area contributed by atoms with Crippen LogP contribution in [0.1, 0.15) is 32.3 Å². The summed E-state index contributed by atoms with van der Waals surface area (Å²) in [5.41, 5.74) is 2.38. The van der Waals surface area contributed by atoms with E-state index in [2.05, 4.69) is 26.8 Å². The van der Waals surface area contributed by atoms with E-state index in [-0.39, 0.29) is 11.5 Å². The minimum Gasteiger partial charge on any atom is -0.332 e. The normalized spacial score (nSPS) is 10.8. The third kappa shape index (κ3) is 3.57. The molecule has 2 aromatic heterocycles. The smallest absolute Gasteiger partial charge is 0.229 e. The number of fused-ring (bicyclic) bond motifs is 1. The Hall–Kier alpha value is -3.02. The number of hydrogen-bond donors (Lipinski definition) is 2. The van der Waals surface area contributed by atoms with Gasteiger partial charge in [-0.3, -0.25) is 10.2 Å². The Morgan fingerprint density at radius 3 is 2.64 bits per heavy atom. The second-order valence-corrected chi connectivity index (χ2v) is 5.84. The minimum absolute atomic E-state index is 0.0455. The summed E-state index contributed by atoms with van der Waals surface area (Å²) in [6.07, 6.45) is 5.21. The van der Waals surface area contributed by atoms with Gasteiger partial charge in [0, 0.05) is 42.0 Å². The van der Waals surface area contributed by atoms with E-state index in [1.807, 2.05) is 24.4 Å². The molecule has 0 unspecified atom stereocenters. The van der Waals surface area contributed by atoms with Crippen LogP contribution in [0.5, 0.6) is 0 Å². The Kier molecular flexibility index (Phi) is 4.88. The molecule has 6 heteroatoms. The summed E-state index contributed by atoms with van der Waals surface area (Å²) in [6.45, 7) is 4.81. The maximum atomic E-state index is 11.6. The fourth-order valence-corrected chi connectivity index (χ4v) is 2.64. The Bertz CT molecular complexity index is 911. The zero-order valence-corrected chi connectivity index (χ0v) is 14.4. The molecule has 0 atom stereocenters. The molecule has 0 aliphatic rings. The van der Waals surface area contributed by atoms with E-state index in [0.29, 0.717) is 17.9 Å². The number of carbonyl (C=O) groups excluding carboxylic acids is 1. The van der Waals surface area contributed by atoms with E-state index in [1.165, 1.54) is 0 Å². The number of hydrogen-bond acceptors (Lipinski definition) is 5. The van der Waals surface area contributed by atoms with Crippen molar-refractivity contribution in [3.05, 3.63) is 48.3 Å². The molecule has 0 aliphatic carbocycles. The third-order valence-corrected chi connectivity index (χ3v) is 4.00. The van der Waals surface area contributed by atoms with E-state index in [9.17, 15) is 4.79 Å². The van der Waals surface area contributed by atoms with Crippen LogP contribution in [0.25, 0.3) is 11.0 Å². The molecule has 25 heavy (non-hydrogen) atoms. The average Bonchev–Trinajstić information content (AvgIpc) is 3.04. The standard InChI is InChI=1S/C19H21N5O/c1-3-10-24-11-9-14-12-21-19(23-18(14)24)22-15-7-5-13(6-8-15)17(20)16(25)4-2/h5-9,11-12,20H,3-4,10H2,1-2H3,(H,21,22,23). The van der Waals surface area contributed by atoms with Crippen LogP contribution in [-0.2, 0) is 11.3 Å². The zero-order chi connectivity index (χ0) is 17.8. The number of carbonyl (C=O) groups is 1. The predicted octanol–water partition coefficient (Wildman–Crippen LogP) is 3.93. The number of aryl methyl sites for hydroxylation is 1. The van der Waals surface area contributed by atoms with E-state index in [0.717, 1.165) is 29.7 Å². The van der Waals surface area contributed by atoms with Crippen molar-refractivity contribution in [3.8, 4) is 0 Å². The molecule has 3 aromatic rings. The lowest BCUT2D eigenvalue weighted by atomic mass is 10.0. The van der Waals surface area contributed by atoms with Crippen LogP contribution in [0.15, 0.2) is 42.7 Å². The van der Waals surface area contributed by atoms with Crippen LogP contribution in [-0.4, -0.2) is 26.0 Å². The monoisotopic (exact) mass is 335 g/mol. The van der Waals surface area contributed by atoms with E-state index < -0.39 is 0 Å². The summed E-state index contributed by atoms with van der Waals surface area (Å²) in [7, 11) is 0. The molecular weight excluding hydrogens is 314 g/mol. The van der Waals surface area contributed by atoms with Crippen LogP contribution in [0.4, 0.5) is 11.6 Å². The van der Waals surface area contributed by atoms with Gasteiger partial charge in [-0.2, -0.15) is 4.98 Å². The molecule has 0 aliphatic heterocycles. The highest BCUT2D eigenvalue weighted by Gasteiger charge is 2.10. The van der Waals surface area contributed by atoms with Crippen molar-refractivity contribution in [2.24, 2.45) is 0 Å². The van der Waals surface area contributed by atoms with Crippen LogP contribution in [0, 0.1) is 5.41 Å². The lowest BCUT2D eigenvalue weighted by Gasteiger charge is -2.08. The maximum absolute atomic E-state index is 11.6. The predicted molar refractivity (Wildman–Crippen MR) is 99.7 cm³/mol. The Morgan fingerprint density at radius 2 is 1.96 bits per heavy atom. The van der Waals surface area contributed by atoms with Gasteiger partial charge in [0.05, 0.1) is 0 Å². The van der Waals surface area contributed by atoms with Crippen molar-refractivity contribution >= 4 is 34.2 Å². The van der Waals surface area contributed by atoms with Crippen molar-refractivity contribution in [1.29, 1.82) is 5.41 Å². The van der Waals surface area contributed by atoms with Gasteiger partial charge >= 0.3 is 0 Å². The first kappa shape index (κ1) is 16.8. The van der Waals surface area contributed by atoms with Crippen molar-refractivity contribution < 1.29 is 4.79 Å². The highest BCUT2D eigenvalue weighted by Crippen LogP contribution is 2.18. The quantitative estimate of drug-likeness (QED) is 0.641. The summed E-state index contributed by atoms with van der Waals surface area (Å²) in [5.74, 6) is 0.363. The molecule has 0 radical (unpaired) electrons. The number of rotatable bonds is 7. The fourth-order valence-electron chi connectivity index (χ4n) is 2.64. The van der Waals surface area contributed by atoms with Gasteiger partial charge in [0.25, 0.3) is 0 Å². The summed E-state index contributed by atoms with van der Waals surface area (Å²) < 4.78 is 2.11. The van der Waals surface area contributed by atoms with Crippen molar-refractivity contribution in [1.82, 2.24) is 14.5 Å². The Balaban J connectivity index is 1.80. The molecule has 0 spiro atoms. The van der Waals surface area contributed by atoms with E-state index >= 15 is 0 Å². The second-order valence-electron chi connectivity index (χ2n) is 5.84. The Labute approximate surface area is 146 Å². The molecule has 0 saturated carbocycles. The summed E-state index contributed by atoms with van der Waals surface area (Å²) >= 11 is 0. The number of Topliss-reactive ketones (excluding diaryl/α,β-unsaturated/α-hetero) is 1. The number of nitrogens with one attached hydrogen (secondary N) is 2. The van der Waals surface area contributed by atoms with Gasteiger partial charge in [-0.25, -0.2) is 4.98 Å². The number of aromatic nitrogens is 3. The van der Waals surface area contributed by atoms with Crippen molar-refractivity contribution in [3.63, 3.8) is 0 Å². The number of anilines is 2. The molecule has 128 valence electrons. The van der Waals surface area contributed by atoms with Gasteiger partial charge in [-0.1, -0.05) is 26.0 Å². The summed E-state index contributed by atoms with van der Waals surface area (Å²) in [6, 6.07) is 9.18. The van der Waals surface area contributed by atoms with Crippen molar-refractivity contribution in [2.75, 3.05) is 5.32 Å². The van der Waals surface area contributed by atoms with Gasteiger partial charge < -0.3 is 9.88 Å². The average molecular weight is 335 g/mol. The molecule has 0 bridgehead atoms. The van der Waals surface area contributed by atoms with Crippen LogP contribution in [0.2, 0.25) is 0 Å². The SMILES string of the molecule is CCCn1ccc2cnc(Nc3ccc(C(=N)C(=O)CC)cc3)nc21. The second kappa shape index (κ2) is 7.25. The summed E-state index contributed by atoms with van der Waals surface area (Å²) in [4.78, 5) is 20.5.